The van der Waals surface area contributed by atoms with Crippen LogP contribution in [-0.4, -0.2) is 24.0 Å². The lowest BCUT2D eigenvalue weighted by atomic mass is 10.00. The maximum absolute atomic E-state index is 12.1. The summed E-state index contributed by atoms with van der Waals surface area (Å²) in [4.78, 5) is 12.1. The number of nitrogens with two attached hydrogens (primary N) is 1. The highest BCUT2D eigenvalue weighted by molar-refractivity contribution is 5.83. The first-order chi connectivity index (χ1) is 8.66. The van der Waals surface area contributed by atoms with Gasteiger partial charge in [-0.3, -0.25) is 10.2 Å². The molecule has 4 heteroatoms. The summed E-state index contributed by atoms with van der Waals surface area (Å²) in [6.45, 7) is 3.82. The van der Waals surface area contributed by atoms with E-state index < -0.39 is 0 Å². The second kappa shape index (κ2) is 5.87. The van der Waals surface area contributed by atoms with Crippen LogP contribution in [0.3, 0.4) is 0 Å². The zero-order valence-corrected chi connectivity index (χ0v) is 10.9. The molecule has 0 aromatic heterocycles. The Kier molecular flexibility index (Phi) is 4.20. The third-order valence-corrected chi connectivity index (χ3v) is 3.43. The SMILES string of the molecule is CC(C(=O)NN1CCCCC1)c1cccc(N)c1. The molecular formula is C14H21N3O. The monoisotopic (exact) mass is 247 g/mol. The zero-order valence-electron chi connectivity index (χ0n) is 10.9. The van der Waals surface area contributed by atoms with Crippen molar-refractivity contribution in [2.24, 2.45) is 0 Å². The standard InChI is InChI=1S/C14H21N3O/c1-11(12-6-5-7-13(15)10-12)14(18)16-17-8-3-2-4-9-17/h5-7,10-11H,2-4,8-9,15H2,1H3,(H,16,18). The van der Waals surface area contributed by atoms with E-state index in [0.717, 1.165) is 31.5 Å². The summed E-state index contributed by atoms with van der Waals surface area (Å²) < 4.78 is 0. The molecule has 1 heterocycles. The summed E-state index contributed by atoms with van der Waals surface area (Å²) in [5.74, 6) is -0.127. The van der Waals surface area contributed by atoms with Crippen LogP contribution in [0.5, 0.6) is 0 Å². The molecule has 1 aliphatic rings. The normalized spacial score (nSPS) is 18.3. The Bertz CT molecular complexity index is 413. The first-order valence-corrected chi connectivity index (χ1v) is 6.57. The van der Waals surface area contributed by atoms with Crippen LogP contribution in [-0.2, 0) is 4.79 Å². The highest BCUT2D eigenvalue weighted by Crippen LogP contribution is 2.18. The Balaban J connectivity index is 1.95. The van der Waals surface area contributed by atoms with Crippen molar-refractivity contribution in [3.8, 4) is 0 Å². The van der Waals surface area contributed by atoms with Gasteiger partial charge in [-0.1, -0.05) is 18.6 Å². The number of amides is 1. The molecule has 1 aliphatic heterocycles. The summed E-state index contributed by atoms with van der Waals surface area (Å²) in [6.07, 6.45) is 3.58. The van der Waals surface area contributed by atoms with Gasteiger partial charge in [0, 0.05) is 18.8 Å². The van der Waals surface area contributed by atoms with Gasteiger partial charge in [0.25, 0.3) is 0 Å². The number of nitrogens with zero attached hydrogens (tertiary/aromatic N) is 1. The van der Waals surface area contributed by atoms with Gasteiger partial charge in [0.15, 0.2) is 0 Å². The topological polar surface area (TPSA) is 58.4 Å². The molecule has 1 fully saturated rings. The van der Waals surface area contributed by atoms with Gasteiger partial charge in [-0.2, -0.15) is 0 Å². The number of carbonyl (C=O) groups excluding carboxylic acids is 1. The molecule has 1 atom stereocenters. The summed E-state index contributed by atoms with van der Waals surface area (Å²) in [6, 6.07) is 7.52. The van der Waals surface area contributed by atoms with Crippen LogP contribution < -0.4 is 11.2 Å². The summed E-state index contributed by atoms with van der Waals surface area (Å²) in [5.41, 5.74) is 10.4. The van der Waals surface area contributed by atoms with Crippen molar-refractivity contribution < 1.29 is 4.79 Å². The molecule has 1 amide bonds. The lowest BCUT2D eigenvalue weighted by Crippen LogP contribution is -2.46. The molecule has 98 valence electrons. The minimum absolute atomic E-state index is 0.0440. The smallest absolute Gasteiger partial charge is 0.241 e. The van der Waals surface area contributed by atoms with Crippen LogP contribution in [0.1, 0.15) is 37.7 Å². The first-order valence-electron chi connectivity index (χ1n) is 6.57. The number of hydrogen-bond acceptors (Lipinski definition) is 3. The lowest BCUT2D eigenvalue weighted by molar-refractivity contribution is -0.127. The number of anilines is 1. The molecule has 0 radical (unpaired) electrons. The van der Waals surface area contributed by atoms with Crippen molar-refractivity contribution >= 4 is 11.6 Å². The van der Waals surface area contributed by atoms with Gasteiger partial charge in [-0.25, -0.2) is 5.01 Å². The molecule has 1 aromatic carbocycles. The Hall–Kier alpha value is -1.55. The van der Waals surface area contributed by atoms with Gasteiger partial charge >= 0.3 is 0 Å². The van der Waals surface area contributed by atoms with Gasteiger partial charge in [0.1, 0.15) is 0 Å². The van der Waals surface area contributed by atoms with Crippen LogP contribution >= 0.6 is 0 Å². The van der Waals surface area contributed by atoms with Crippen LogP contribution in [0.25, 0.3) is 0 Å². The highest BCUT2D eigenvalue weighted by Gasteiger charge is 2.19. The zero-order chi connectivity index (χ0) is 13.0. The molecule has 18 heavy (non-hydrogen) atoms. The third-order valence-electron chi connectivity index (χ3n) is 3.43. The molecule has 1 saturated heterocycles. The number of hydrazine groups is 1. The minimum atomic E-state index is -0.171. The summed E-state index contributed by atoms with van der Waals surface area (Å²) in [7, 11) is 0. The van der Waals surface area contributed by atoms with Crippen molar-refractivity contribution in [2.75, 3.05) is 18.8 Å². The molecule has 2 rings (SSSR count). The Morgan fingerprint density at radius 2 is 2.06 bits per heavy atom. The molecule has 0 saturated carbocycles. The first kappa shape index (κ1) is 12.9. The van der Waals surface area contributed by atoms with E-state index in [0.29, 0.717) is 5.69 Å². The number of nitrogen functional groups attached to an aromatic ring is 1. The molecule has 0 bridgehead atoms. The number of carbonyl (C=O) groups is 1. The lowest BCUT2D eigenvalue weighted by Gasteiger charge is -2.28. The van der Waals surface area contributed by atoms with Gasteiger partial charge in [0.05, 0.1) is 5.92 Å². The average Bonchev–Trinajstić information content (AvgIpc) is 2.39. The van der Waals surface area contributed by atoms with E-state index >= 15 is 0 Å². The maximum Gasteiger partial charge on any atom is 0.241 e. The fourth-order valence-electron chi connectivity index (χ4n) is 2.24. The quantitative estimate of drug-likeness (QED) is 0.802. The van der Waals surface area contributed by atoms with E-state index in [1.807, 2.05) is 36.2 Å². The van der Waals surface area contributed by atoms with Crippen LogP contribution in [0, 0.1) is 0 Å². The van der Waals surface area contributed by atoms with Gasteiger partial charge in [0.2, 0.25) is 5.91 Å². The van der Waals surface area contributed by atoms with Crippen LogP contribution in [0.2, 0.25) is 0 Å². The molecule has 1 aromatic rings. The molecule has 0 spiro atoms. The van der Waals surface area contributed by atoms with Gasteiger partial charge < -0.3 is 5.73 Å². The third kappa shape index (κ3) is 3.23. The summed E-state index contributed by atoms with van der Waals surface area (Å²) >= 11 is 0. The van der Waals surface area contributed by atoms with Crippen molar-refractivity contribution in [1.82, 2.24) is 10.4 Å². The predicted molar refractivity (Wildman–Crippen MR) is 72.8 cm³/mol. The Labute approximate surface area is 108 Å². The van der Waals surface area contributed by atoms with Crippen LogP contribution in [0.4, 0.5) is 5.69 Å². The van der Waals surface area contributed by atoms with Crippen LogP contribution in [0.15, 0.2) is 24.3 Å². The van der Waals surface area contributed by atoms with E-state index in [1.165, 1.54) is 6.42 Å². The molecule has 4 nitrogen and oxygen atoms in total. The number of hydrogen-bond donors (Lipinski definition) is 2. The number of rotatable bonds is 3. The fourth-order valence-corrected chi connectivity index (χ4v) is 2.24. The van der Waals surface area contributed by atoms with E-state index in [-0.39, 0.29) is 11.8 Å². The summed E-state index contributed by atoms with van der Waals surface area (Å²) in [5, 5.41) is 2.02. The average molecular weight is 247 g/mol. The van der Waals surface area contributed by atoms with Crippen molar-refractivity contribution in [1.29, 1.82) is 0 Å². The largest absolute Gasteiger partial charge is 0.399 e. The van der Waals surface area contributed by atoms with E-state index in [2.05, 4.69) is 5.43 Å². The van der Waals surface area contributed by atoms with Crippen molar-refractivity contribution in [3.63, 3.8) is 0 Å². The molecule has 0 aliphatic carbocycles. The second-order valence-electron chi connectivity index (χ2n) is 4.92. The van der Waals surface area contributed by atoms with Gasteiger partial charge in [-0.15, -0.1) is 0 Å². The molecule has 3 N–H and O–H groups in total. The fraction of sp³-hybridized carbons (Fsp3) is 0.500. The minimum Gasteiger partial charge on any atom is -0.399 e. The second-order valence-corrected chi connectivity index (χ2v) is 4.92. The van der Waals surface area contributed by atoms with Crippen molar-refractivity contribution in [3.05, 3.63) is 29.8 Å². The number of nitrogens with one attached hydrogen (secondary N) is 1. The Morgan fingerprint density at radius 3 is 2.72 bits per heavy atom. The highest BCUT2D eigenvalue weighted by atomic mass is 16.2. The van der Waals surface area contributed by atoms with E-state index in [4.69, 9.17) is 5.73 Å². The van der Waals surface area contributed by atoms with E-state index in [1.54, 1.807) is 0 Å². The van der Waals surface area contributed by atoms with Gasteiger partial charge in [-0.05, 0) is 37.5 Å². The molecular weight excluding hydrogens is 226 g/mol. The number of benzene rings is 1. The van der Waals surface area contributed by atoms with E-state index in [9.17, 15) is 4.79 Å². The molecule has 1 unspecified atom stereocenters. The maximum atomic E-state index is 12.1. The van der Waals surface area contributed by atoms with Crippen molar-refractivity contribution in [2.45, 2.75) is 32.1 Å². The Morgan fingerprint density at radius 1 is 1.33 bits per heavy atom. The predicted octanol–water partition coefficient (Wildman–Crippen LogP) is 1.89. The number of piperidine rings is 1.